The number of aromatic nitrogens is 1. The summed E-state index contributed by atoms with van der Waals surface area (Å²) >= 11 is 0. The summed E-state index contributed by atoms with van der Waals surface area (Å²) in [6.07, 6.45) is 1.57. The van der Waals surface area contributed by atoms with Gasteiger partial charge in [-0.1, -0.05) is 6.92 Å². The van der Waals surface area contributed by atoms with E-state index in [1.807, 2.05) is 27.7 Å². The van der Waals surface area contributed by atoms with Crippen molar-refractivity contribution < 1.29 is 4.79 Å². The second-order valence-electron chi connectivity index (χ2n) is 3.55. The molecule has 0 aliphatic heterocycles. The minimum absolute atomic E-state index is 0.266. The molecule has 13 heavy (non-hydrogen) atoms. The van der Waals surface area contributed by atoms with Crippen molar-refractivity contribution in [2.75, 3.05) is 0 Å². The summed E-state index contributed by atoms with van der Waals surface area (Å²) in [7, 11) is 0. The van der Waals surface area contributed by atoms with Crippen molar-refractivity contribution in [3.63, 3.8) is 0 Å². The van der Waals surface area contributed by atoms with Crippen LogP contribution in [0.15, 0.2) is 0 Å². The van der Waals surface area contributed by atoms with Crippen LogP contribution in [0.1, 0.15) is 47.1 Å². The zero-order valence-corrected chi connectivity index (χ0v) is 8.82. The lowest BCUT2D eigenvalue weighted by atomic mass is 10.0. The number of carbonyl (C=O) groups is 1. The van der Waals surface area contributed by atoms with Gasteiger partial charge in [0, 0.05) is 23.4 Å². The number of aromatic amines is 1. The second kappa shape index (κ2) is 3.77. The van der Waals surface area contributed by atoms with Crippen molar-refractivity contribution >= 4 is 5.78 Å². The topological polar surface area (TPSA) is 32.9 Å². The first kappa shape index (κ1) is 10.0. The lowest BCUT2D eigenvalue weighted by Crippen LogP contribution is -2.00. The SMILES string of the molecule is CCCC(=O)c1c(C)[nH]c(C)c1C. The lowest BCUT2D eigenvalue weighted by molar-refractivity contribution is 0.0981. The fourth-order valence-electron chi connectivity index (χ4n) is 1.68. The lowest BCUT2D eigenvalue weighted by Gasteiger charge is -1.99. The molecule has 0 aromatic carbocycles. The maximum absolute atomic E-state index is 11.7. The van der Waals surface area contributed by atoms with Crippen LogP contribution in [0.3, 0.4) is 0 Å². The summed E-state index contributed by atoms with van der Waals surface area (Å²) in [6.45, 7) is 8.00. The fraction of sp³-hybridized carbons (Fsp3) is 0.545. The van der Waals surface area contributed by atoms with Crippen LogP contribution in [0.5, 0.6) is 0 Å². The summed E-state index contributed by atoms with van der Waals surface area (Å²) in [5.41, 5.74) is 4.13. The van der Waals surface area contributed by atoms with Gasteiger partial charge in [0.2, 0.25) is 0 Å². The van der Waals surface area contributed by atoms with E-state index in [4.69, 9.17) is 0 Å². The van der Waals surface area contributed by atoms with Crippen molar-refractivity contribution in [1.82, 2.24) is 4.98 Å². The Morgan fingerprint density at radius 3 is 2.23 bits per heavy atom. The van der Waals surface area contributed by atoms with Crippen molar-refractivity contribution in [2.24, 2.45) is 0 Å². The number of carbonyl (C=O) groups excluding carboxylic acids is 1. The van der Waals surface area contributed by atoms with E-state index in [0.29, 0.717) is 6.42 Å². The van der Waals surface area contributed by atoms with Gasteiger partial charge >= 0.3 is 0 Å². The molecular formula is C11H17NO. The summed E-state index contributed by atoms with van der Waals surface area (Å²) in [6, 6.07) is 0. The number of Topliss-reactive ketones (excluding diaryl/α,β-unsaturated/α-hetero) is 1. The number of nitrogens with one attached hydrogen (secondary N) is 1. The maximum Gasteiger partial charge on any atom is 0.164 e. The second-order valence-corrected chi connectivity index (χ2v) is 3.55. The van der Waals surface area contributed by atoms with E-state index in [9.17, 15) is 4.79 Å². The Morgan fingerprint density at radius 1 is 1.23 bits per heavy atom. The Balaban J connectivity index is 3.06. The summed E-state index contributed by atoms with van der Waals surface area (Å²) < 4.78 is 0. The van der Waals surface area contributed by atoms with Gasteiger partial charge in [0.1, 0.15) is 0 Å². The molecule has 0 saturated carbocycles. The molecule has 1 rings (SSSR count). The van der Waals surface area contributed by atoms with Gasteiger partial charge in [-0.2, -0.15) is 0 Å². The van der Waals surface area contributed by atoms with Crippen molar-refractivity contribution in [2.45, 2.75) is 40.5 Å². The number of hydrogen-bond acceptors (Lipinski definition) is 1. The van der Waals surface area contributed by atoms with Crippen LogP contribution in [0.2, 0.25) is 0 Å². The molecule has 0 radical (unpaired) electrons. The third-order valence-electron chi connectivity index (χ3n) is 2.44. The van der Waals surface area contributed by atoms with Gasteiger partial charge in [-0.15, -0.1) is 0 Å². The molecule has 0 bridgehead atoms. The molecule has 2 heteroatoms. The van der Waals surface area contributed by atoms with Gasteiger partial charge in [0.25, 0.3) is 0 Å². The summed E-state index contributed by atoms with van der Waals surface area (Å²) in [5, 5.41) is 0. The Kier molecular flexibility index (Phi) is 2.91. The van der Waals surface area contributed by atoms with Crippen molar-refractivity contribution in [1.29, 1.82) is 0 Å². The first-order valence-electron chi connectivity index (χ1n) is 4.76. The third-order valence-corrected chi connectivity index (χ3v) is 2.44. The number of ketones is 1. The smallest absolute Gasteiger partial charge is 0.164 e. The number of aryl methyl sites for hydroxylation is 2. The molecule has 0 aliphatic rings. The molecule has 0 saturated heterocycles. The molecule has 0 aliphatic carbocycles. The highest BCUT2D eigenvalue weighted by Gasteiger charge is 2.14. The van der Waals surface area contributed by atoms with Gasteiger partial charge in [0.05, 0.1) is 0 Å². The van der Waals surface area contributed by atoms with E-state index in [0.717, 1.165) is 28.9 Å². The molecule has 0 amide bonds. The Bertz CT molecular complexity index is 323. The van der Waals surface area contributed by atoms with Gasteiger partial charge in [-0.25, -0.2) is 0 Å². The van der Waals surface area contributed by atoms with Crippen LogP contribution in [-0.4, -0.2) is 10.8 Å². The van der Waals surface area contributed by atoms with Crippen LogP contribution in [0, 0.1) is 20.8 Å². The molecule has 1 heterocycles. The Morgan fingerprint density at radius 2 is 1.85 bits per heavy atom. The van der Waals surface area contributed by atoms with Crippen LogP contribution in [0.4, 0.5) is 0 Å². The first-order valence-corrected chi connectivity index (χ1v) is 4.76. The third kappa shape index (κ3) is 1.82. The van der Waals surface area contributed by atoms with Gasteiger partial charge in [-0.3, -0.25) is 4.79 Å². The van der Waals surface area contributed by atoms with E-state index in [1.165, 1.54) is 0 Å². The van der Waals surface area contributed by atoms with E-state index in [1.54, 1.807) is 0 Å². The number of rotatable bonds is 3. The zero-order valence-electron chi connectivity index (χ0n) is 8.82. The average molecular weight is 179 g/mol. The normalized spacial score (nSPS) is 10.5. The molecule has 1 N–H and O–H groups in total. The van der Waals surface area contributed by atoms with Crippen LogP contribution in [0.25, 0.3) is 0 Å². The highest BCUT2D eigenvalue weighted by molar-refractivity contribution is 5.98. The molecule has 0 unspecified atom stereocenters. The largest absolute Gasteiger partial charge is 0.362 e. The quantitative estimate of drug-likeness (QED) is 0.711. The summed E-state index contributed by atoms with van der Waals surface area (Å²) in [4.78, 5) is 14.9. The maximum atomic E-state index is 11.7. The minimum Gasteiger partial charge on any atom is -0.362 e. The zero-order chi connectivity index (χ0) is 10.0. The van der Waals surface area contributed by atoms with Gasteiger partial charge in [0.15, 0.2) is 5.78 Å². The van der Waals surface area contributed by atoms with E-state index in [2.05, 4.69) is 4.98 Å². The molecule has 0 fully saturated rings. The van der Waals surface area contributed by atoms with Gasteiger partial charge in [-0.05, 0) is 32.8 Å². The van der Waals surface area contributed by atoms with Gasteiger partial charge < -0.3 is 4.98 Å². The molecule has 72 valence electrons. The van der Waals surface area contributed by atoms with Crippen molar-refractivity contribution in [3.8, 4) is 0 Å². The molecule has 2 nitrogen and oxygen atoms in total. The summed E-state index contributed by atoms with van der Waals surface area (Å²) in [5.74, 6) is 0.266. The molecular weight excluding hydrogens is 162 g/mol. The Hall–Kier alpha value is -1.05. The predicted octanol–water partition coefficient (Wildman–Crippen LogP) is 2.92. The average Bonchev–Trinajstić information content (AvgIpc) is 2.27. The molecule has 1 aromatic heterocycles. The van der Waals surface area contributed by atoms with Crippen molar-refractivity contribution in [3.05, 3.63) is 22.5 Å². The fourth-order valence-corrected chi connectivity index (χ4v) is 1.68. The predicted molar refractivity (Wildman–Crippen MR) is 54.2 cm³/mol. The van der Waals surface area contributed by atoms with E-state index < -0.39 is 0 Å². The number of H-pyrrole nitrogens is 1. The van der Waals surface area contributed by atoms with Crippen LogP contribution in [-0.2, 0) is 0 Å². The van der Waals surface area contributed by atoms with E-state index >= 15 is 0 Å². The standard InChI is InChI=1S/C11H17NO/c1-5-6-10(13)11-7(2)8(3)12-9(11)4/h12H,5-6H2,1-4H3. The highest BCUT2D eigenvalue weighted by Crippen LogP contribution is 2.19. The Labute approximate surface area is 79.4 Å². The minimum atomic E-state index is 0.266. The molecule has 1 aromatic rings. The molecule has 0 atom stereocenters. The van der Waals surface area contributed by atoms with Crippen LogP contribution >= 0.6 is 0 Å². The van der Waals surface area contributed by atoms with Crippen LogP contribution < -0.4 is 0 Å². The number of hydrogen-bond donors (Lipinski definition) is 1. The highest BCUT2D eigenvalue weighted by atomic mass is 16.1. The molecule has 0 spiro atoms. The first-order chi connectivity index (χ1) is 6.07. The van der Waals surface area contributed by atoms with E-state index in [-0.39, 0.29) is 5.78 Å². The monoisotopic (exact) mass is 179 g/mol.